The highest BCUT2D eigenvalue weighted by molar-refractivity contribution is 5.89. The van der Waals surface area contributed by atoms with Crippen molar-refractivity contribution in [3.8, 4) is 0 Å². The van der Waals surface area contributed by atoms with E-state index in [9.17, 15) is 4.79 Å². The van der Waals surface area contributed by atoms with Gasteiger partial charge in [-0.1, -0.05) is 13.8 Å². The Hall–Kier alpha value is -1.06. The van der Waals surface area contributed by atoms with Crippen molar-refractivity contribution in [2.45, 2.75) is 39.5 Å². The van der Waals surface area contributed by atoms with Gasteiger partial charge in [-0.3, -0.25) is 0 Å². The highest BCUT2D eigenvalue weighted by Gasteiger charge is 2.51. The fourth-order valence-corrected chi connectivity index (χ4v) is 3.04. The number of hydrazone groups is 1. The summed E-state index contributed by atoms with van der Waals surface area (Å²) in [5.41, 5.74) is 8.87. The van der Waals surface area contributed by atoms with Crippen LogP contribution in [0.2, 0.25) is 0 Å². The fourth-order valence-electron chi connectivity index (χ4n) is 3.04. The summed E-state index contributed by atoms with van der Waals surface area (Å²) in [5, 5.41) is 4.15. The number of primary amides is 1. The summed E-state index contributed by atoms with van der Waals surface area (Å²) in [6, 6.07) is -0.569. The summed E-state index contributed by atoms with van der Waals surface area (Å²) in [6.07, 6.45) is 4.71. The van der Waals surface area contributed by atoms with Gasteiger partial charge in [0.25, 0.3) is 0 Å². The number of carbonyl (C=O) groups is 1. The van der Waals surface area contributed by atoms with E-state index in [0.29, 0.717) is 11.3 Å². The zero-order valence-corrected chi connectivity index (χ0v) is 9.42. The van der Waals surface area contributed by atoms with Crippen LogP contribution in [0.25, 0.3) is 0 Å². The SMILES string of the molecule is CC1(C)[C@@H]2CCC/C(=N/NC(N)=O)[C@H]1C2. The lowest BCUT2D eigenvalue weighted by atomic mass is 9.54. The van der Waals surface area contributed by atoms with E-state index in [-0.39, 0.29) is 0 Å². The van der Waals surface area contributed by atoms with Crippen LogP contribution < -0.4 is 11.2 Å². The Bertz CT molecular complexity index is 309. The summed E-state index contributed by atoms with van der Waals surface area (Å²) in [6.45, 7) is 4.61. The molecule has 4 heteroatoms. The lowest BCUT2D eigenvalue weighted by Crippen LogP contribution is -2.47. The molecule has 2 atom stereocenters. The number of fused-ring (bicyclic) bond motifs is 3. The molecule has 0 unspecified atom stereocenters. The van der Waals surface area contributed by atoms with Crippen LogP contribution >= 0.6 is 0 Å². The van der Waals surface area contributed by atoms with Crippen LogP contribution in [0, 0.1) is 17.3 Å². The standard InChI is InChI=1S/C11H19N3O/c1-11(2)7-4-3-5-9(8(11)6-7)13-14-10(12)15/h7-8H,3-6H2,1-2H3,(H3,12,14,15)/b13-9-/t7-,8-/m1/s1. The van der Waals surface area contributed by atoms with E-state index in [4.69, 9.17) is 5.73 Å². The second-order valence-electron chi connectivity index (χ2n) is 5.28. The lowest BCUT2D eigenvalue weighted by Gasteiger charge is -2.51. The molecule has 3 saturated carbocycles. The van der Waals surface area contributed by atoms with Gasteiger partial charge < -0.3 is 5.73 Å². The van der Waals surface area contributed by atoms with Crippen LogP contribution in [-0.2, 0) is 0 Å². The van der Waals surface area contributed by atoms with Crippen molar-refractivity contribution >= 4 is 11.7 Å². The van der Waals surface area contributed by atoms with E-state index >= 15 is 0 Å². The minimum Gasteiger partial charge on any atom is -0.350 e. The maximum Gasteiger partial charge on any atom is 0.332 e. The van der Waals surface area contributed by atoms with Gasteiger partial charge in [0.2, 0.25) is 0 Å². The molecule has 84 valence electrons. The van der Waals surface area contributed by atoms with Crippen LogP contribution in [0.15, 0.2) is 5.10 Å². The molecule has 3 N–H and O–H groups in total. The summed E-state index contributed by atoms with van der Waals surface area (Å²) in [4.78, 5) is 10.6. The Morgan fingerprint density at radius 1 is 1.60 bits per heavy atom. The molecule has 3 rings (SSSR count). The van der Waals surface area contributed by atoms with Gasteiger partial charge in [-0.25, -0.2) is 10.2 Å². The van der Waals surface area contributed by atoms with E-state index < -0.39 is 6.03 Å². The minimum absolute atomic E-state index is 0.356. The van der Waals surface area contributed by atoms with Crippen molar-refractivity contribution in [2.24, 2.45) is 28.1 Å². The molecule has 4 nitrogen and oxygen atoms in total. The molecule has 15 heavy (non-hydrogen) atoms. The van der Waals surface area contributed by atoms with E-state index in [0.717, 1.165) is 18.1 Å². The first-order valence-corrected chi connectivity index (χ1v) is 5.63. The largest absolute Gasteiger partial charge is 0.350 e. The van der Waals surface area contributed by atoms with Gasteiger partial charge in [0.15, 0.2) is 0 Å². The second-order valence-corrected chi connectivity index (χ2v) is 5.28. The number of nitrogens with zero attached hydrogens (tertiary/aromatic N) is 1. The molecule has 0 radical (unpaired) electrons. The quantitative estimate of drug-likeness (QED) is 0.636. The summed E-state index contributed by atoms with van der Waals surface area (Å²) >= 11 is 0. The van der Waals surface area contributed by atoms with E-state index in [1.165, 1.54) is 19.3 Å². The molecule has 2 bridgehead atoms. The van der Waals surface area contributed by atoms with Crippen molar-refractivity contribution in [1.82, 2.24) is 5.43 Å². The molecule has 0 saturated heterocycles. The number of nitrogens with two attached hydrogens (primary N) is 1. The lowest BCUT2D eigenvalue weighted by molar-refractivity contribution is 0.0248. The van der Waals surface area contributed by atoms with Gasteiger partial charge in [0, 0.05) is 11.6 Å². The Morgan fingerprint density at radius 2 is 2.33 bits per heavy atom. The van der Waals surface area contributed by atoms with E-state index in [1.54, 1.807) is 0 Å². The van der Waals surface area contributed by atoms with Crippen molar-refractivity contribution in [3.63, 3.8) is 0 Å². The van der Waals surface area contributed by atoms with Crippen LogP contribution in [0.3, 0.4) is 0 Å². The Kier molecular flexibility index (Phi) is 2.44. The van der Waals surface area contributed by atoms with E-state index in [2.05, 4.69) is 24.4 Å². The summed E-state index contributed by atoms with van der Waals surface area (Å²) < 4.78 is 0. The van der Waals surface area contributed by atoms with Crippen LogP contribution in [0.4, 0.5) is 4.79 Å². The highest BCUT2D eigenvalue weighted by Crippen LogP contribution is 2.56. The maximum atomic E-state index is 10.6. The predicted octanol–water partition coefficient (Wildman–Crippen LogP) is 1.86. The Labute approximate surface area is 90.3 Å². The van der Waals surface area contributed by atoms with Crippen molar-refractivity contribution in [3.05, 3.63) is 0 Å². The zero-order valence-electron chi connectivity index (χ0n) is 9.42. The molecule has 2 amide bonds. The highest BCUT2D eigenvalue weighted by atomic mass is 16.2. The topological polar surface area (TPSA) is 67.5 Å². The maximum absolute atomic E-state index is 10.6. The van der Waals surface area contributed by atoms with Gasteiger partial charge in [0.05, 0.1) is 0 Å². The number of amides is 2. The molecule has 3 fully saturated rings. The number of urea groups is 1. The van der Waals surface area contributed by atoms with Crippen LogP contribution in [-0.4, -0.2) is 11.7 Å². The van der Waals surface area contributed by atoms with Crippen molar-refractivity contribution < 1.29 is 4.79 Å². The summed E-state index contributed by atoms with van der Waals surface area (Å²) in [5.74, 6) is 1.38. The molecule has 0 spiro atoms. The van der Waals surface area contributed by atoms with E-state index in [1.807, 2.05) is 0 Å². The molecule has 0 heterocycles. The fraction of sp³-hybridized carbons (Fsp3) is 0.818. The Morgan fingerprint density at radius 3 is 2.93 bits per heavy atom. The number of rotatable bonds is 1. The monoisotopic (exact) mass is 209 g/mol. The third-order valence-corrected chi connectivity index (χ3v) is 4.17. The summed E-state index contributed by atoms with van der Waals surface area (Å²) in [7, 11) is 0. The second kappa shape index (κ2) is 3.51. The third-order valence-electron chi connectivity index (χ3n) is 4.17. The van der Waals surface area contributed by atoms with Gasteiger partial charge in [0.1, 0.15) is 0 Å². The predicted molar refractivity (Wildman–Crippen MR) is 59.4 cm³/mol. The average molecular weight is 209 g/mol. The first-order chi connectivity index (χ1) is 7.01. The first kappa shape index (κ1) is 10.5. The first-order valence-electron chi connectivity index (χ1n) is 5.63. The number of nitrogens with one attached hydrogen (secondary N) is 1. The smallest absolute Gasteiger partial charge is 0.332 e. The number of hydrogen-bond donors (Lipinski definition) is 2. The van der Waals surface area contributed by atoms with Gasteiger partial charge in [-0.15, -0.1) is 0 Å². The molecule has 3 aliphatic rings. The van der Waals surface area contributed by atoms with Gasteiger partial charge in [-0.2, -0.15) is 5.10 Å². The molecule has 0 aromatic carbocycles. The third kappa shape index (κ3) is 1.73. The van der Waals surface area contributed by atoms with Gasteiger partial charge in [-0.05, 0) is 37.0 Å². The molecule has 3 aliphatic carbocycles. The van der Waals surface area contributed by atoms with Crippen molar-refractivity contribution in [1.29, 1.82) is 0 Å². The average Bonchev–Trinajstić information content (AvgIpc) is 2.43. The molecular weight excluding hydrogens is 190 g/mol. The van der Waals surface area contributed by atoms with Crippen LogP contribution in [0.1, 0.15) is 39.5 Å². The Balaban J connectivity index is 2.12. The van der Waals surface area contributed by atoms with Crippen molar-refractivity contribution in [2.75, 3.05) is 0 Å². The molecule has 0 aromatic heterocycles. The normalized spacial score (nSPS) is 35.5. The number of hydrogen-bond acceptors (Lipinski definition) is 2. The zero-order chi connectivity index (χ0) is 11.1. The van der Waals surface area contributed by atoms with Crippen LogP contribution in [0.5, 0.6) is 0 Å². The molecule has 0 aromatic rings. The number of carbonyl (C=O) groups excluding carboxylic acids is 1. The van der Waals surface area contributed by atoms with Gasteiger partial charge >= 0.3 is 6.03 Å². The minimum atomic E-state index is -0.569. The molecular formula is C11H19N3O. The molecule has 0 aliphatic heterocycles.